The average molecular weight is 359 g/mol. The van der Waals surface area contributed by atoms with Gasteiger partial charge in [-0.3, -0.25) is 24.1 Å². The second-order valence-corrected chi connectivity index (χ2v) is 6.54. The third-order valence-electron chi connectivity index (χ3n) is 3.94. The van der Waals surface area contributed by atoms with Crippen molar-refractivity contribution in [1.82, 2.24) is 14.5 Å². The van der Waals surface area contributed by atoms with E-state index in [2.05, 4.69) is 9.97 Å². The summed E-state index contributed by atoms with van der Waals surface area (Å²) in [5.74, 6) is -0.201. The Morgan fingerprint density at radius 1 is 1.31 bits per heavy atom. The SMILES string of the molecule is CCCCN(C(=O)c1ccncc1)c1c(N)n(CC(C)C)c(=O)[nH]c1=O. The number of amides is 1. The maximum atomic E-state index is 13.0. The number of hydrogen-bond donors (Lipinski definition) is 2. The highest BCUT2D eigenvalue weighted by atomic mass is 16.2. The van der Waals surface area contributed by atoms with Crippen molar-refractivity contribution in [1.29, 1.82) is 0 Å². The first-order valence-electron chi connectivity index (χ1n) is 8.71. The molecule has 0 aromatic carbocycles. The third kappa shape index (κ3) is 4.19. The number of nitrogens with zero attached hydrogens (tertiary/aromatic N) is 3. The highest BCUT2D eigenvalue weighted by molar-refractivity contribution is 6.07. The van der Waals surface area contributed by atoms with E-state index in [1.165, 1.54) is 21.9 Å². The van der Waals surface area contributed by atoms with Crippen LogP contribution in [-0.2, 0) is 6.54 Å². The van der Waals surface area contributed by atoms with Gasteiger partial charge in [-0.15, -0.1) is 0 Å². The molecule has 0 unspecified atom stereocenters. The molecule has 2 rings (SSSR count). The molecule has 0 saturated carbocycles. The fourth-order valence-electron chi connectivity index (χ4n) is 2.67. The predicted molar refractivity (Wildman–Crippen MR) is 101 cm³/mol. The van der Waals surface area contributed by atoms with E-state index < -0.39 is 11.2 Å². The molecule has 0 fully saturated rings. The molecule has 0 spiro atoms. The summed E-state index contributed by atoms with van der Waals surface area (Å²) < 4.78 is 1.31. The number of aromatic nitrogens is 3. The van der Waals surface area contributed by atoms with Gasteiger partial charge >= 0.3 is 5.69 Å². The van der Waals surface area contributed by atoms with Gasteiger partial charge in [0.1, 0.15) is 5.82 Å². The molecule has 3 N–H and O–H groups in total. The van der Waals surface area contributed by atoms with E-state index in [0.717, 1.165) is 6.42 Å². The first-order chi connectivity index (χ1) is 12.4. The number of rotatable bonds is 7. The number of unbranched alkanes of at least 4 members (excludes halogenated alkanes) is 1. The monoisotopic (exact) mass is 359 g/mol. The number of nitrogens with one attached hydrogen (secondary N) is 1. The van der Waals surface area contributed by atoms with Crippen LogP contribution in [0.4, 0.5) is 11.5 Å². The lowest BCUT2D eigenvalue weighted by Gasteiger charge is -2.25. The molecule has 0 saturated heterocycles. The Morgan fingerprint density at radius 2 is 1.96 bits per heavy atom. The smallest absolute Gasteiger partial charge is 0.330 e. The van der Waals surface area contributed by atoms with Crippen LogP contribution in [0.1, 0.15) is 44.0 Å². The van der Waals surface area contributed by atoms with Crippen LogP contribution in [0.5, 0.6) is 0 Å². The maximum absolute atomic E-state index is 13.0. The quantitative estimate of drug-likeness (QED) is 0.779. The number of H-pyrrole nitrogens is 1. The molecule has 0 aliphatic carbocycles. The van der Waals surface area contributed by atoms with Gasteiger partial charge in [0.05, 0.1) is 0 Å². The van der Waals surface area contributed by atoms with Crippen LogP contribution in [0.3, 0.4) is 0 Å². The number of carbonyl (C=O) groups excluding carboxylic acids is 1. The zero-order valence-electron chi connectivity index (χ0n) is 15.4. The van der Waals surface area contributed by atoms with Crippen molar-refractivity contribution >= 4 is 17.4 Å². The minimum absolute atomic E-state index is 0.00552. The molecular weight excluding hydrogens is 334 g/mol. The molecular formula is C18H25N5O3. The molecule has 0 radical (unpaired) electrons. The molecule has 8 nitrogen and oxygen atoms in total. The van der Waals surface area contributed by atoms with Crippen LogP contribution in [0, 0.1) is 5.92 Å². The van der Waals surface area contributed by atoms with Gasteiger partial charge in [0.15, 0.2) is 5.69 Å². The highest BCUT2D eigenvalue weighted by Crippen LogP contribution is 2.20. The Bertz CT molecular complexity index is 871. The summed E-state index contributed by atoms with van der Waals surface area (Å²) in [4.78, 5) is 45.1. The van der Waals surface area contributed by atoms with E-state index in [9.17, 15) is 14.4 Å². The predicted octanol–water partition coefficient (Wildman–Crippen LogP) is 1.62. The summed E-state index contributed by atoms with van der Waals surface area (Å²) >= 11 is 0. The average Bonchev–Trinajstić information content (AvgIpc) is 2.61. The molecule has 0 aliphatic rings. The largest absolute Gasteiger partial charge is 0.383 e. The Balaban J connectivity index is 2.59. The first-order valence-corrected chi connectivity index (χ1v) is 8.71. The van der Waals surface area contributed by atoms with E-state index in [-0.39, 0.29) is 23.3 Å². The number of carbonyl (C=O) groups is 1. The lowest BCUT2D eigenvalue weighted by atomic mass is 10.2. The van der Waals surface area contributed by atoms with Gasteiger partial charge in [0, 0.05) is 31.0 Å². The Kier molecular flexibility index (Phi) is 6.32. The van der Waals surface area contributed by atoms with Gasteiger partial charge < -0.3 is 10.6 Å². The molecule has 2 heterocycles. The van der Waals surface area contributed by atoms with Crippen molar-refractivity contribution in [2.75, 3.05) is 17.2 Å². The van der Waals surface area contributed by atoms with Gasteiger partial charge in [0.25, 0.3) is 11.5 Å². The van der Waals surface area contributed by atoms with Gasteiger partial charge in [0.2, 0.25) is 0 Å². The summed E-state index contributed by atoms with van der Waals surface area (Å²) in [6, 6.07) is 3.16. The summed E-state index contributed by atoms with van der Waals surface area (Å²) in [7, 11) is 0. The molecule has 2 aromatic heterocycles. The van der Waals surface area contributed by atoms with Crippen LogP contribution in [-0.4, -0.2) is 27.0 Å². The molecule has 0 aliphatic heterocycles. The molecule has 140 valence electrons. The second-order valence-electron chi connectivity index (χ2n) is 6.54. The fourth-order valence-corrected chi connectivity index (χ4v) is 2.67. The van der Waals surface area contributed by atoms with Crippen molar-refractivity contribution in [3.8, 4) is 0 Å². The topological polar surface area (TPSA) is 114 Å². The second kappa shape index (κ2) is 8.46. The molecule has 2 aromatic rings. The molecule has 8 heteroatoms. The lowest BCUT2D eigenvalue weighted by molar-refractivity contribution is 0.0986. The van der Waals surface area contributed by atoms with Crippen molar-refractivity contribution in [2.45, 2.75) is 40.2 Å². The molecule has 0 bridgehead atoms. The number of pyridine rings is 1. The number of aromatic amines is 1. The van der Waals surface area contributed by atoms with Crippen LogP contribution in [0.2, 0.25) is 0 Å². The maximum Gasteiger partial charge on any atom is 0.330 e. The summed E-state index contributed by atoms with van der Waals surface area (Å²) in [5, 5.41) is 0. The number of nitrogen functional groups attached to an aromatic ring is 1. The van der Waals surface area contributed by atoms with E-state index >= 15 is 0 Å². The summed E-state index contributed by atoms with van der Waals surface area (Å²) in [6.45, 7) is 6.54. The van der Waals surface area contributed by atoms with Crippen molar-refractivity contribution < 1.29 is 4.79 Å². The van der Waals surface area contributed by atoms with Crippen molar-refractivity contribution in [3.05, 3.63) is 50.9 Å². The lowest BCUT2D eigenvalue weighted by Crippen LogP contribution is -2.42. The third-order valence-corrected chi connectivity index (χ3v) is 3.94. The van der Waals surface area contributed by atoms with E-state index in [1.54, 1.807) is 12.1 Å². The van der Waals surface area contributed by atoms with Crippen LogP contribution >= 0.6 is 0 Å². The highest BCUT2D eigenvalue weighted by Gasteiger charge is 2.25. The van der Waals surface area contributed by atoms with Gasteiger partial charge in [-0.25, -0.2) is 4.79 Å². The molecule has 26 heavy (non-hydrogen) atoms. The summed E-state index contributed by atoms with van der Waals surface area (Å²) in [6.07, 6.45) is 4.56. The van der Waals surface area contributed by atoms with E-state index in [0.29, 0.717) is 25.1 Å². The minimum Gasteiger partial charge on any atom is -0.383 e. The summed E-state index contributed by atoms with van der Waals surface area (Å²) in [5.41, 5.74) is 5.34. The number of hydrogen-bond acceptors (Lipinski definition) is 5. The molecule has 0 atom stereocenters. The van der Waals surface area contributed by atoms with Crippen LogP contribution < -0.4 is 21.9 Å². The van der Waals surface area contributed by atoms with Crippen LogP contribution in [0.25, 0.3) is 0 Å². The van der Waals surface area contributed by atoms with Gasteiger partial charge in [-0.05, 0) is 24.5 Å². The molecule has 1 amide bonds. The van der Waals surface area contributed by atoms with E-state index in [4.69, 9.17) is 5.73 Å². The standard InChI is InChI=1S/C18H25N5O3/c1-4-5-10-22(17(25)13-6-8-20-9-7-13)14-15(19)23(11-12(2)3)18(26)21-16(14)24/h6-9,12H,4-5,10-11,19H2,1-3H3,(H,21,24,26). The van der Waals surface area contributed by atoms with Gasteiger partial charge in [-0.2, -0.15) is 0 Å². The first kappa shape index (κ1) is 19.4. The zero-order chi connectivity index (χ0) is 19.3. The number of anilines is 2. The fraction of sp³-hybridized carbons (Fsp3) is 0.444. The zero-order valence-corrected chi connectivity index (χ0v) is 15.4. The van der Waals surface area contributed by atoms with Crippen LogP contribution in [0.15, 0.2) is 34.1 Å². The Hall–Kier alpha value is -2.90. The minimum atomic E-state index is -0.661. The van der Waals surface area contributed by atoms with Gasteiger partial charge in [-0.1, -0.05) is 27.2 Å². The van der Waals surface area contributed by atoms with Crippen molar-refractivity contribution in [2.24, 2.45) is 5.92 Å². The number of nitrogens with two attached hydrogens (primary N) is 1. The normalized spacial score (nSPS) is 10.9. The van der Waals surface area contributed by atoms with E-state index in [1.807, 2.05) is 20.8 Å². The Labute approximate surface area is 151 Å². The van der Waals surface area contributed by atoms with Crippen molar-refractivity contribution in [3.63, 3.8) is 0 Å². The Morgan fingerprint density at radius 3 is 2.54 bits per heavy atom.